The maximum atomic E-state index is 13.1. The van der Waals surface area contributed by atoms with Gasteiger partial charge in [-0.1, -0.05) is 0 Å². The highest BCUT2D eigenvalue weighted by Crippen LogP contribution is 2.30. The Morgan fingerprint density at radius 1 is 1.50 bits per heavy atom. The monoisotopic (exact) mass is 248 g/mol. The van der Waals surface area contributed by atoms with Crippen molar-refractivity contribution in [1.82, 2.24) is 0 Å². The Balaban J connectivity index is 2.29. The van der Waals surface area contributed by atoms with Gasteiger partial charge in [-0.05, 0) is 38.0 Å². The molecule has 1 heterocycles. The van der Waals surface area contributed by atoms with Crippen molar-refractivity contribution in [3.05, 3.63) is 29.6 Å². The van der Waals surface area contributed by atoms with Gasteiger partial charge in [0.25, 0.3) is 0 Å². The largest absolute Gasteiger partial charge is 0.377 e. The first-order valence-corrected chi connectivity index (χ1v) is 6.08. The van der Waals surface area contributed by atoms with Crippen LogP contribution < -0.4 is 4.90 Å². The van der Waals surface area contributed by atoms with Crippen LogP contribution in [-0.4, -0.2) is 25.8 Å². The number of rotatable bonds is 2. The molecule has 1 fully saturated rings. The molecule has 4 heteroatoms. The van der Waals surface area contributed by atoms with Crippen molar-refractivity contribution in [1.29, 1.82) is 5.26 Å². The van der Waals surface area contributed by atoms with Crippen LogP contribution in [0.25, 0.3) is 0 Å². The van der Waals surface area contributed by atoms with Gasteiger partial charge in [-0.3, -0.25) is 0 Å². The van der Waals surface area contributed by atoms with Gasteiger partial charge in [0.1, 0.15) is 11.9 Å². The normalized spacial score (nSPS) is 23.8. The minimum atomic E-state index is -0.373. The first-order valence-electron chi connectivity index (χ1n) is 6.08. The third kappa shape index (κ3) is 2.46. The molecule has 1 aromatic carbocycles. The van der Waals surface area contributed by atoms with E-state index in [1.807, 2.05) is 0 Å². The number of anilines is 1. The van der Waals surface area contributed by atoms with Gasteiger partial charge in [0.05, 0.1) is 16.9 Å². The van der Waals surface area contributed by atoms with E-state index in [9.17, 15) is 4.39 Å². The average molecular weight is 248 g/mol. The van der Waals surface area contributed by atoms with Crippen LogP contribution in [0.4, 0.5) is 10.1 Å². The molecule has 1 aliphatic heterocycles. The van der Waals surface area contributed by atoms with E-state index in [4.69, 9.17) is 10.00 Å². The Morgan fingerprint density at radius 3 is 2.94 bits per heavy atom. The number of ether oxygens (including phenoxy) is 1. The van der Waals surface area contributed by atoms with Gasteiger partial charge in [0.15, 0.2) is 0 Å². The fourth-order valence-electron chi connectivity index (χ4n) is 2.45. The molecule has 0 aliphatic carbocycles. The van der Waals surface area contributed by atoms with E-state index in [1.165, 1.54) is 12.1 Å². The molecule has 18 heavy (non-hydrogen) atoms. The zero-order valence-electron chi connectivity index (χ0n) is 10.7. The Morgan fingerprint density at radius 2 is 2.28 bits per heavy atom. The number of halogens is 1. The molecule has 0 radical (unpaired) electrons. The van der Waals surface area contributed by atoms with E-state index in [0.717, 1.165) is 31.6 Å². The summed E-state index contributed by atoms with van der Waals surface area (Å²) in [7, 11) is 1.71. The van der Waals surface area contributed by atoms with Gasteiger partial charge in [0.2, 0.25) is 0 Å². The predicted molar refractivity (Wildman–Crippen MR) is 68.0 cm³/mol. The molecule has 1 saturated heterocycles. The second-order valence-electron chi connectivity index (χ2n) is 4.95. The Labute approximate surface area is 107 Å². The highest BCUT2D eigenvalue weighted by molar-refractivity contribution is 5.59. The van der Waals surface area contributed by atoms with Crippen LogP contribution >= 0.6 is 0 Å². The number of nitrogens with zero attached hydrogens (tertiary/aromatic N) is 2. The topological polar surface area (TPSA) is 36.3 Å². The minimum absolute atomic E-state index is 0.195. The van der Waals surface area contributed by atoms with Gasteiger partial charge >= 0.3 is 0 Å². The lowest BCUT2D eigenvalue weighted by molar-refractivity contribution is -0.00466. The molecule has 1 atom stereocenters. The molecule has 96 valence electrons. The van der Waals surface area contributed by atoms with E-state index < -0.39 is 0 Å². The molecule has 0 aromatic heterocycles. The fraction of sp³-hybridized carbons (Fsp3) is 0.500. The van der Waals surface area contributed by atoms with Crippen molar-refractivity contribution in [2.75, 3.05) is 25.1 Å². The lowest BCUT2D eigenvalue weighted by Crippen LogP contribution is -2.47. The number of benzene rings is 1. The van der Waals surface area contributed by atoms with Crippen molar-refractivity contribution in [3.63, 3.8) is 0 Å². The summed E-state index contributed by atoms with van der Waals surface area (Å²) in [5.41, 5.74) is 0.983. The summed E-state index contributed by atoms with van der Waals surface area (Å²) in [6.07, 6.45) is 2.01. The zero-order valence-corrected chi connectivity index (χ0v) is 10.7. The van der Waals surface area contributed by atoms with Gasteiger partial charge in [0, 0.05) is 20.2 Å². The molecule has 1 aliphatic rings. The molecule has 2 rings (SSSR count). The second-order valence-corrected chi connectivity index (χ2v) is 4.95. The molecular weight excluding hydrogens is 231 g/mol. The van der Waals surface area contributed by atoms with E-state index in [1.54, 1.807) is 13.2 Å². The number of piperidine rings is 1. The van der Waals surface area contributed by atoms with Crippen LogP contribution in [0, 0.1) is 17.1 Å². The predicted octanol–water partition coefficient (Wildman–Crippen LogP) is 2.70. The summed E-state index contributed by atoms with van der Waals surface area (Å²) in [6, 6.07) is 6.42. The fourth-order valence-corrected chi connectivity index (χ4v) is 2.45. The number of methoxy groups -OCH3 is 1. The standard InChI is InChI=1S/C14H17FN2O/c1-14(18-2)6-3-7-17(10-14)13-5-4-12(15)8-11(13)9-16/h4-5,8H,3,6-7,10H2,1-2H3. The van der Waals surface area contributed by atoms with Gasteiger partial charge in [-0.15, -0.1) is 0 Å². The molecular formula is C14H17FN2O. The smallest absolute Gasteiger partial charge is 0.124 e. The Kier molecular flexibility index (Phi) is 3.53. The van der Waals surface area contributed by atoms with E-state index >= 15 is 0 Å². The summed E-state index contributed by atoms with van der Waals surface area (Å²) in [6.45, 7) is 3.66. The van der Waals surface area contributed by atoms with Crippen molar-refractivity contribution < 1.29 is 9.13 Å². The SMILES string of the molecule is COC1(C)CCCN(c2ccc(F)cc2C#N)C1. The number of hydrogen-bond donors (Lipinski definition) is 0. The zero-order chi connectivity index (χ0) is 13.2. The van der Waals surface area contributed by atoms with Crippen LogP contribution in [0.2, 0.25) is 0 Å². The van der Waals surface area contributed by atoms with Crippen molar-refractivity contribution in [2.45, 2.75) is 25.4 Å². The Bertz CT molecular complexity index is 483. The lowest BCUT2D eigenvalue weighted by Gasteiger charge is -2.40. The molecule has 1 aromatic rings. The first kappa shape index (κ1) is 12.8. The van der Waals surface area contributed by atoms with Gasteiger partial charge < -0.3 is 9.64 Å². The Hall–Kier alpha value is -1.60. The number of hydrogen-bond acceptors (Lipinski definition) is 3. The quantitative estimate of drug-likeness (QED) is 0.807. The van der Waals surface area contributed by atoms with Crippen molar-refractivity contribution in [2.24, 2.45) is 0 Å². The number of nitriles is 1. The third-order valence-electron chi connectivity index (χ3n) is 3.57. The third-order valence-corrected chi connectivity index (χ3v) is 3.57. The van der Waals surface area contributed by atoms with Gasteiger partial charge in [-0.2, -0.15) is 5.26 Å². The van der Waals surface area contributed by atoms with E-state index in [-0.39, 0.29) is 11.4 Å². The molecule has 0 saturated carbocycles. The summed E-state index contributed by atoms with van der Waals surface area (Å²) >= 11 is 0. The first-order chi connectivity index (χ1) is 8.58. The summed E-state index contributed by atoms with van der Waals surface area (Å²) in [5, 5.41) is 9.09. The molecule has 0 amide bonds. The van der Waals surface area contributed by atoms with E-state index in [0.29, 0.717) is 5.56 Å². The maximum Gasteiger partial charge on any atom is 0.124 e. The van der Waals surface area contributed by atoms with Crippen LogP contribution in [0.5, 0.6) is 0 Å². The van der Waals surface area contributed by atoms with Crippen molar-refractivity contribution in [3.8, 4) is 6.07 Å². The maximum absolute atomic E-state index is 13.1. The minimum Gasteiger partial charge on any atom is -0.377 e. The average Bonchev–Trinajstić information content (AvgIpc) is 2.38. The summed E-state index contributed by atoms with van der Waals surface area (Å²) < 4.78 is 18.7. The lowest BCUT2D eigenvalue weighted by atomic mass is 9.94. The summed E-state index contributed by atoms with van der Waals surface area (Å²) in [5.74, 6) is -0.373. The van der Waals surface area contributed by atoms with Gasteiger partial charge in [-0.25, -0.2) is 4.39 Å². The molecule has 0 bridgehead atoms. The second kappa shape index (κ2) is 4.95. The highest BCUT2D eigenvalue weighted by Gasteiger charge is 2.31. The van der Waals surface area contributed by atoms with Crippen LogP contribution in [0.1, 0.15) is 25.3 Å². The highest BCUT2D eigenvalue weighted by atomic mass is 19.1. The molecule has 0 N–H and O–H groups in total. The van der Waals surface area contributed by atoms with Crippen LogP contribution in [0.15, 0.2) is 18.2 Å². The molecule has 1 unspecified atom stereocenters. The van der Waals surface area contributed by atoms with Crippen molar-refractivity contribution >= 4 is 5.69 Å². The van der Waals surface area contributed by atoms with Crippen LogP contribution in [0.3, 0.4) is 0 Å². The van der Waals surface area contributed by atoms with Crippen LogP contribution in [-0.2, 0) is 4.74 Å². The molecule has 0 spiro atoms. The molecule has 3 nitrogen and oxygen atoms in total. The van der Waals surface area contributed by atoms with E-state index in [2.05, 4.69) is 17.9 Å². The summed E-state index contributed by atoms with van der Waals surface area (Å²) in [4.78, 5) is 2.10.